The van der Waals surface area contributed by atoms with Gasteiger partial charge in [-0.15, -0.1) is 0 Å². The molecule has 0 saturated carbocycles. The first kappa shape index (κ1) is 14.6. The highest BCUT2D eigenvalue weighted by Crippen LogP contribution is 2.27. The molecule has 114 valence electrons. The van der Waals surface area contributed by atoms with Gasteiger partial charge in [0.25, 0.3) is 0 Å². The van der Waals surface area contributed by atoms with Crippen molar-refractivity contribution in [2.24, 2.45) is 10.7 Å². The third-order valence-corrected chi connectivity index (χ3v) is 4.02. The van der Waals surface area contributed by atoms with Crippen LogP contribution in [-0.4, -0.2) is 10.9 Å². The predicted molar refractivity (Wildman–Crippen MR) is 91.0 cm³/mol. The molecule has 0 spiro atoms. The van der Waals surface area contributed by atoms with Crippen molar-refractivity contribution in [1.82, 2.24) is 4.98 Å². The zero-order chi connectivity index (χ0) is 15.4. The molecular formula is C18H22N4. The van der Waals surface area contributed by atoms with Crippen molar-refractivity contribution in [3.63, 3.8) is 0 Å². The second-order valence-electron chi connectivity index (χ2n) is 5.85. The van der Waals surface area contributed by atoms with Crippen LogP contribution in [0.4, 0.5) is 5.69 Å². The van der Waals surface area contributed by atoms with Crippen LogP contribution in [0.3, 0.4) is 0 Å². The number of benzene rings is 1. The molecule has 0 fully saturated rings. The van der Waals surface area contributed by atoms with Crippen LogP contribution in [0.15, 0.2) is 41.7 Å². The van der Waals surface area contributed by atoms with Gasteiger partial charge >= 0.3 is 0 Å². The Morgan fingerprint density at radius 2 is 2.14 bits per heavy atom. The summed E-state index contributed by atoms with van der Waals surface area (Å²) in [4.78, 5) is 8.60. The largest absolute Gasteiger partial charge is 0.370 e. The minimum absolute atomic E-state index is 0.459. The maximum atomic E-state index is 6.04. The van der Waals surface area contributed by atoms with Gasteiger partial charge in [0, 0.05) is 18.1 Å². The Labute approximate surface area is 131 Å². The molecule has 1 aromatic carbocycles. The van der Waals surface area contributed by atoms with Crippen LogP contribution in [0.1, 0.15) is 35.1 Å². The van der Waals surface area contributed by atoms with Crippen molar-refractivity contribution in [3.8, 4) is 0 Å². The van der Waals surface area contributed by atoms with Gasteiger partial charge in [-0.2, -0.15) is 0 Å². The summed E-state index contributed by atoms with van der Waals surface area (Å²) in [6, 6.07) is 8.46. The maximum Gasteiger partial charge on any atom is 0.193 e. The standard InChI is InChI=1S/C18H22N4/c1-13-9-14(11-20-10-13)12-21-18(19)22-17-8-4-6-15-5-2-3-7-16(15)17/h4,6,8-11H,2-3,5,7,12H2,1H3,(H3,19,21,22). The summed E-state index contributed by atoms with van der Waals surface area (Å²) in [5, 5.41) is 3.26. The lowest BCUT2D eigenvalue weighted by Gasteiger charge is -2.19. The molecule has 3 N–H and O–H groups in total. The van der Waals surface area contributed by atoms with Crippen molar-refractivity contribution in [3.05, 3.63) is 58.9 Å². The highest BCUT2D eigenvalue weighted by Gasteiger charge is 2.12. The maximum absolute atomic E-state index is 6.04. The number of guanidine groups is 1. The third-order valence-electron chi connectivity index (χ3n) is 4.02. The van der Waals surface area contributed by atoms with Gasteiger partial charge in [-0.1, -0.05) is 18.2 Å². The fourth-order valence-electron chi connectivity index (χ4n) is 2.96. The van der Waals surface area contributed by atoms with Crippen LogP contribution < -0.4 is 11.1 Å². The Hall–Kier alpha value is -2.36. The second-order valence-corrected chi connectivity index (χ2v) is 5.85. The molecule has 22 heavy (non-hydrogen) atoms. The van der Waals surface area contributed by atoms with Crippen LogP contribution in [0.25, 0.3) is 0 Å². The van der Waals surface area contributed by atoms with E-state index in [0.29, 0.717) is 12.5 Å². The summed E-state index contributed by atoms with van der Waals surface area (Å²) in [7, 11) is 0. The van der Waals surface area contributed by atoms with Crippen LogP contribution in [-0.2, 0) is 19.4 Å². The van der Waals surface area contributed by atoms with Crippen molar-refractivity contribution in [1.29, 1.82) is 0 Å². The van der Waals surface area contributed by atoms with E-state index < -0.39 is 0 Å². The summed E-state index contributed by atoms with van der Waals surface area (Å²) in [5.74, 6) is 0.459. The van der Waals surface area contributed by atoms with Crippen LogP contribution in [0.5, 0.6) is 0 Å². The van der Waals surface area contributed by atoms with E-state index >= 15 is 0 Å². The molecule has 4 nitrogen and oxygen atoms in total. The number of nitrogens with zero attached hydrogens (tertiary/aromatic N) is 2. The van der Waals surface area contributed by atoms with E-state index in [2.05, 4.69) is 39.6 Å². The Kier molecular flexibility index (Phi) is 4.37. The molecule has 1 aromatic heterocycles. The molecule has 0 aliphatic heterocycles. The average molecular weight is 294 g/mol. The molecule has 3 rings (SSSR count). The monoisotopic (exact) mass is 294 g/mol. The predicted octanol–water partition coefficient (Wildman–Crippen LogP) is 3.20. The summed E-state index contributed by atoms with van der Waals surface area (Å²) in [5.41, 5.74) is 12.2. The molecule has 4 heteroatoms. The van der Waals surface area contributed by atoms with Gasteiger partial charge in [-0.3, -0.25) is 4.98 Å². The highest BCUT2D eigenvalue weighted by atomic mass is 15.1. The first-order valence-electron chi connectivity index (χ1n) is 7.80. The fraction of sp³-hybridized carbons (Fsp3) is 0.333. The van der Waals surface area contributed by atoms with Crippen LogP contribution in [0.2, 0.25) is 0 Å². The second kappa shape index (κ2) is 6.60. The smallest absolute Gasteiger partial charge is 0.193 e. The summed E-state index contributed by atoms with van der Waals surface area (Å²) in [6.07, 6.45) is 8.47. The Balaban J connectivity index is 1.71. The van der Waals surface area contributed by atoms with E-state index in [9.17, 15) is 0 Å². The van der Waals surface area contributed by atoms with E-state index in [4.69, 9.17) is 5.73 Å². The van der Waals surface area contributed by atoms with Crippen molar-refractivity contribution >= 4 is 11.6 Å². The van der Waals surface area contributed by atoms with E-state index in [1.165, 1.54) is 24.0 Å². The quantitative estimate of drug-likeness (QED) is 0.675. The number of nitrogens with one attached hydrogen (secondary N) is 1. The van der Waals surface area contributed by atoms with Gasteiger partial charge in [0.05, 0.1) is 6.54 Å². The number of aliphatic imine (C=N–C) groups is 1. The molecule has 0 bridgehead atoms. The Morgan fingerprint density at radius 1 is 1.27 bits per heavy atom. The normalized spacial score (nSPS) is 14.5. The summed E-state index contributed by atoms with van der Waals surface area (Å²) < 4.78 is 0. The lowest BCUT2D eigenvalue weighted by Crippen LogP contribution is -2.24. The van der Waals surface area contributed by atoms with Gasteiger partial charge in [-0.05, 0) is 60.9 Å². The van der Waals surface area contributed by atoms with Crippen LogP contribution in [0, 0.1) is 6.92 Å². The lowest BCUT2D eigenvalue weighted by atomic mass is 9.90. The molecular weight excluding hydrogens is 272 g/mol. The zero-order valence-corrected chi connectivity index (χ0v) is 13.0. The van der Waals surface area contributed by atoms with Gasteiger partial charge in [0.1, 0.15) is 0 Å². The SMILES string of the molecule is Cc1cncc(CN=C(N)Nc2cccc3c2CCCC3)c1. The molecule has 1 aliphatic rings. The number of rotatable bonds is 3. The molecule has 1 heterocycles. The first-order valence-corrected chi connectivity index (χ1v) is 7.80. The van der Waals surface area contributed by atoms with Crippen molar-refractivity contribution in [2.45, 2.75) is 39.2 Å². The van der Waals surface area contributed by atoms with Gasteiger partial charge in [-0.25, -0.2) is 4.99 Å². The first-order chi connectivity index (χ1) is 10.7. The van der Waals surface area contributed by atoms with E-state index in [-0.39, 0.29) is 0 Å². The Bertz CT molecular complexity index is 691. The molecule has 0 amide bonds. The molecule has 0 radical (unpaired) electrons. The number of fused-ring (bicyclic) bond motifs is 1. The van der Waals surface area contributed by atoms with Gasteiger partial charge in [0.2, 0.25) is 0 Å². The fourth-order valence-corrected chi connectivity index (χ4v) is 2.96. The van der Waals surface area contributed by atoms with E-state index in [0.717, 1.165) is 29.7 Å². The zero-order valence-electron chi connectivity index (χ0n) is 13.0. The minimum Gasteiger partial charge on any atom is -0.370 e. The minimum atomic E-state index is 0.459. The Morgan fingerprint density at radius 3 is 3.00 bits per heavy atom. The number of hydrogen-bond donors (Lipinski definition) is 2. The molecule has 1 aliphatic carbocycles. The highest BCUT2D eigenvalue weighted by molar-refractivity contribution is 5.93. The third kappa shape index (κ3) is 3.45. The molecule has 2 aromatic rings. The summed E-state index contributed by atoms with van der Waals surface area (Å²) >= 11 is 0. The average Bonchev–Trinajstić information content (AvgIpc) is 2.53. The van der Waals surface area contributed by atoms with Gasteiger partial charge in [0.15, 0.2) is 5.96 Å². The number of aryl methyl sites for hydroxylation is 2. The van der Waals surface area contributed by atoms with E-state index in [1.807, 2.05) is 19.3 Å². The number of nitrogens with two attached hydrogens (primary N) is 1. The summed E-state index contributed by atoms with van der Waals surface area (Å²) in [6.45, 7) is 2.57. The van der Waals surface area contributed by atoms with Crippen molar-refractivity contribution in [2.75, 3.05) is 5.32 Å². The number of anilines is 1. The number of pyridine rings is 1. The molecule has 0 saturated heterocycles. The topological polar surface area (TPSA) is 63.3 Å². The van der Waals surface area contributed by atoms with Crippen LogP contribution >= 0.6 is 0 Å². The van der Waals surface area contributed by atoms with Crippen molar-refractivity contribution < 1.29 is 0 Å². The van der Waals surface area contributed by atoms with Gasteiger partial charge < -0.3 is 11.1 Å². The van der Waals surface area contributed by atoms with E-state index in [1.54, 1.807) is 0 Å². The number of hydrogen-bond acceptors (Lipinski definition) is 2. The molecule has 0 unspecified atom stereocenters. The number of aromatic nitrogens is 1. The molecule has 0 atom stereocenters. The lowest BCUT2D eigenvalue weighted by molar-refractivity contribution is 0.687.